The Bertz CT molecular complexity index is 208. The molecule has 1 aliphatic rings. The van der Waals surface area contributed by atoms with Gasteiger partial charge in [-0.25, -0.2) is 0 Å². The Balaban J connectivity index is 2.68. The quantitative estimate of drug-likeness (QED) is 0.616. The minimum absolute atomic E-state index is 0.00419. The van der Waals surface area contributed by atoms with E-state index in [1.807, 2.05) is 19.9 Å². The van der Waals surface area contributed by atoms with Gasteiger partial charge < -0.3 is 0 Å². The standard InChI is InChI=1S/C8H10Cl2O/c1-8(2)5(3-4-9)6(8)7(10)11/h3-6H,1-2H3/b4-3-. The molecule has 0 heterocycles. The van der Waals surface area contributed by atoms with E-state index in [0.717, 1.165) is 0 Å². The van der Waals surface area contributed by atoms with Crippen LogP contribution in [-0.4, -0.2) is 5.24 Å². The lowest BCUT2D eigenvalue weighted by Crippen LogP contribution is -1.96. The Labute approximate surface area is 76.4 Å². The molecule has 0 aliphatic heterocycles. The smallest absolute Gasteiger partial charge is 0.225 e. The molecule has 1 nitrogen and oxygen atoms in total. The maximum Gasteiger partial charge on any atom is 0.225 e. The van der Waals surface area contributed by atoms with E-state index < -0.39 is 0 Å². The van der Waals surface area contributed by atoms with Gasteiger partial charge in [0, 0.05) is 11.5 Å². The molecule has 1 saturated carbocycles. The molecule has 2 atom stereocenters. The van der Waals surface area contributed by atoms with Crippen LogP contribution in [0.4, 0.5) is 0 Å². The monoisotopic (exact) mass is 192 g/mol. The van der Waals surface area contributed by atoms with Crippen molar-refractivity contribution < 1.29 is 4.79 Å². The molecule has 0 aromatic rings. The van der Waals surface area contributed by atoms with Crippen LogP contribution in [0, 0.1) is 17.3 Å². The number of carbonyl (C=O) groups excluding carboxylic acids is 1. The molecule has 3 heteroatoms. The summed E-state index contributed by atoms with van der Waals surface area (Å²) in [7, 11) is 0. The third-order valence-corrected chi connectivity index (χ3v) is 2.82. The number of allylic oxidation sites excluding steroid dienone is 1. The van der Waals surface area contributed by atoms with E-state index in [4.69, 9.17) is 23.2 Å². The van der Waals surface area contributed by atoms with Crippen LogP contribution < -0.4 is 0 Å². The van der Waals surface area contributed by atoms with E-state index in [9.17, 15) is 4.79 Å². The summed E-state index contributed by atoms with van der Waals surface area (Å²) in [5.41, 5.74) is 1.45. The molecule has 1 rings (SSSR count). The van der Waals surface area contributed by atoms with Crippen molar-refractivity contribution in [1.82, 2.24) is 0 Å². The third-order valence-electron chi connectivity index (χ3n) is 2.44. The highest BCUT2D eigenvalue weighted by molar-refractivity contribution is 6.64. The van der Waals surface area contributed by atoms with Gasteiger partial charge in [0.15, 0.2) is 0 Å². The lowest BCUT2D eigenvalue weighted by molar-refractivity contribution is -0.113. The van der Waals surface area contributed by atoms with Crippen LogP contribution in [0.2, 0.25) is 0 Å². The van der Waals surface area contributed by atoms with E-state index >= 15 is 0 Å². The zero-order valence-corrected chi connectivity index (χ0v) is 7.99. The predicted molar refractivity (Wildman–Crippen MR) is 46.6 cm³/mol. The lowest BCUT2D eigenvalue weighted by Gasteiger charge is -1.95. The molecule has 0 spiro atoms. The minimum atomic E-state index is -0.255. The van der Waals surface area contributed by atoms with Gasteiger partial charge in [-0.3, -0.25) is 4.79 Å². The van der Waals surface area contributed by atoms with Crippen LogP contribution in [0.25, 0.3) is 0 Å². The number of hydrogen-bond donors (Lipinski definition) is 0. The maximum absolute atomic E-state index is 10.8. The van der Waals surface area contributed by atoms with Crippen LogP contribution in [-0.2, 0) is 4.79 Å². The molecular formula is C8H10Cl2O. The van der Waals surface area contributed by atoms with Gasteiger partial charge in [0.1, 0.15) is 0 Å². The topological polar surface area (TPSA) is 17.1 Å². The Hall–Kier alpha value is -0.0100. The minimum Gasteiger partial charge on any atom is -0.281 e. The van der Waals surface area contributed by atoms with Gasteiger partial charge in [0.25, 0.3) is 0 Å². The molecule has 0 bridgehead atoms. The predicted octanol–water partition coefficient (Wildman–Crippen LogP) is 2.78. The molecule has 0 amide bonds. The summed E-state index contributed by atoms with van der Waals surface area (Å²) < 4.78 is 0. The summed E-state index contributed by atoms with van der Waals surface area (Å²) in [5.74, 6) is 0.184. The van der Waals surface area contributed by atoms with E-state index in [2.05, 4.69) is 0 Å². The largest absolute Gasteiger partial charge is 0.281 e. The van der Waals surface area contributed by atoms with Gasteiger partial charge in [-0.15, -0.1) is 0 Å². The molecule has 2 unspecified atom stereocenters. The van der Waals surface area contributed by atoms with Gasteiger partial charge in [-0.1, -0.05) is 31.5 Å². The molecule has 0 aromatic heterocycles. The van der Waals surface area contributed by atoms with Crippen molar-refractivity contribution >= 4 is 28.4 Å². The summed E-state index contributed by atoms with van der Waals surface area (Å²) in [5, 5.41) is -0.255. The average Bonchev–Trinajstić information content (AvgIpc) is 2.35. The first kappa shape index (κ1) is 9.08. The van der Waals surface area contributed by atoms with Crippen LogP contribution in [0.5, 0.6) is 0 Å². The van der Waals surface area contributed by atoms with Crippen molar-refractivity contribution in [2.45, 2.75) is 13.8 Å². The van der Waals surface area contributed by atoms with Gasteiger partial charge >= 0.3 is 0 Å². The normalized spacial score (nSPS) is 34.2. The van der Waals surface area contributed by atoms with E-state index in [-0.39, 0.29) is 22.5 Å². The highest BCUT2D eigenvalue weighted by Gasteiger charge is 2.59. The summed E-state index contributed by atoms with van der Waals surface area (Å²) in [4.78, 5) is 10.8. The fourth-order valence-corrected chi connectivity index (χ4v) is 2.12. The SMILES string of the molecule is CC1(C)C(/C=C\Cl)C1C(=O)Cl. The Morgan fingerprint density at radius 2 is 2.09 bits per heavy atom. The van der Waals surface area contributed by atoms with Crippen molar-refractivity contribution in [3.05, 3.63) is 11.6 Å². The summed E-state index contributed by atoms with van der Waals surface area (Å²) in [6, 6.07) is 0. The zero-order valence-electron chi connectivity index (χ0n) is 6.47. The van der Waals surface area contributed by atoms with Crippen molar-refractivity contribution in [3.63, 3.8) is 0 Å². The van der Waals surface area contributed by atoms with E-state index in [1.54, 1.807) is 0 Å². The van der Waals surface area contributed by atoms with Gasteiger partial charge in [0.05, 0.1) is 0 Å². The first-order valence-electron chi connectivity index (χ1n) is 3.48. The Kier molecular flexibility index (Phi) is 2.31. The fourth-order valence-electron chi connectivity index (χ4n) is 1.55. The molecule has 0 aromatic carbocycles. The van der Waals surface area contributed by atoms with Crippen LogP contribution in [0.15, 0.2) is 11.6 Å². The summed E-state index contributed by atoms with van der Waals surface area (Å²) in [6.45, 7) is 4.03. The van der Waals surface area contributed by atoms with Crippen LogP contribution in [0.1, 0.15) is 13.8 Å². The lowest BCUT2D eigenvalue weighted by atomic mass is 10.1. The number of halogens is 2. The second-order valence-corrected chi connectivity index (χ2v) is 4.07. The molecule has 0 saturated heterocycles. The van der Waals surface area contributed by atoms with Crippen molar-refractivity contribution in [3.8, 4) is 0 Å². The van der Waals surface area contributed by atoms with Gasteiger partial charge in [-0.05, 0) is 22.9 Å². The van der Waals surface area contributed by atoms with Gasteiger partial charge in [0.2, 0.25) is 5.24 Å². The molecule has 1 aliphatic carbocycles. The van der Waals surface area contributed by atoms with Crippen molar-refractivity contribution in [2.24, 2.45) is 17.3 Å². The number of hydrogen-bond acceptors (Lipinski definition) is 1. The maximum atomic E-state index is 10.8. The second-order valence-electron chi connectivity index (χ2n) is 3.45. The van der Waals surface area contributed by atoms with Crippen LogP contribution >= 0.6 is 23.2 Å². The first-order valence-corrected chi connectivity index (χ1v) is 4.29. The third kappa shape index (κ3) is 1.45. The Morgan fingerprint density at radius 1 is 1.55 bits per heavy atom. The molecular weight excluding hydrogens is 183 g/mol. The average molecular weight is 193 g/mol. The van der Waals surface area contributed by atoms with E-state index in [0.29, 0.717) is 0 Å². The Morgan fingerprint density at radius 3 is 2.36 bits per heavy atom. The second kappa shape index (κ2) is 2.80. The van der Waals surface area contributed by atoms with Gasteiger partial charge in [-0.2, -0.15) is 0 Å². The highest BCUT2D eigenvalue weighted by atomic mass is 35.5. The number of carbonyl (C=O) groups is 1. The van der Waals surface area contributed by atoms with E-state index in [1.165, 1.54) is 5.54 Å². The highest BCUT2D eigenvalue weighted by Crippen LogP contribution is 2.59. The fraction of sp³-hybridized carbons (Fsp3) is 0.625. The molecule has 1 fully saturated rings. The molecule has 0 N–H and O–H groups in total. The molecule has 0 radical (unpaired) electrons. The summed E-state index contributed by atoms with van der Waals surface area (Å²) >= 11 is 10.8. The van der Waals surface area contributed by atoms with Crippen LogP contribution in [0.3, 0.4) is 0 Å². The van der Waals surface area contributed by atoms with Crippen molar-refractivity contribution in [1.29, 1.82) is 0 Å². The summed E-state index contributed by atoms with van der Waals surface area (Å²) in [6.07, 6.45) is 1.83. The zero-order chi connectivity index (χ0) is 8.65. The first-order chi connectivity index (χ1) is 5.01. The number of rotatable bonds is 2. The van der Waals surface area contributed by atoms with Crippen molar-refractivity contribution in [2.75, 3.05) is 0 Å². The molecule has 11 heavy (non-hydrogen) atoms. The molecule has 62 valence electrons.